The summed E-state index contributed by atoms with van der Waals surface area (Å²) in [6.45, 7) is 0. The fourth-order valence-corrected chi connectivity index (χ4v) is 1.93. The van der Waals surface area contributed by atoms with Gasteiger partial charge in [-0.3, -0.25) is 0 Å². The zero-order valence-corrected chi connectivity index (χ0v) is 11.7. The molecule has 0 fully saturated rings. The van der Waals surface area contributed by atoms with Crippen LogP contribution in [0.1, 0.15) is 15.9 Å². The predicted molar refractivity (Wildman–Crippen MR) is 79.0 cm³/mol. The number of halogens is 2. The molecule has 0 atom stereocenters. The molecule has 0 unspecified atom stereocenters. The number of amidine groups is 1. The SMILES string of the molecule is N/C(=N\OC(=O)c1ccccc1Cl)c1ccccc1Cl. The summed E-state index contributed by atoms with van der Waals surface area (Å²) in [6.07, 6.45) is 0. The Balaban J connectivity index is 2.16. The van der Waals surface area contributed by atoms with Gasteiger partial charge in [-0.1, -0.05) is 52.6 Å². The fourth-order valence-electron chi connectivity index (χ4n) is 1.48. The lowest BCUT2D eigenvalue weighted by Crippen LogP contribution is -2.15. The number of nitrogens with two attached hydrogens (primary N) is 1. The molecular formula is C14H10Cl2N2O2. The Morgan fingerprint density at radius 2 is 1.45 bits per heavy atom. The van der Waals surface area contributed by atoms with Gasteiger partial charge in [0.2, 0.25) is 0 Å². The zero-order valence-electron chi connectivity index (χ0n) is 10.2. The molecule has 0 spiro atoms. The van der Waals surface area contributed by atoms with Crippen LogP contribution < -0.4 is 5.73 Å². The van der Waals surface area contributed by atoms with Crippen molar-refractivity contribution in [3.63, 3.8) is 0 Å². The minimum Gasteiger partial charge on any atom is -0.380 e. The third kappa shape index (κ3) is 3.29. The lowest BCUT2D eigenvalue weighted by Gasteiger charge is -2.03. The number of benzene rings is 2. The highest BCUT2D eigenvalue weighted by atomic mass is 35.5. The quantitative estimate of drug-likeness (QED) is 0.408. The Labute approximate surface area is 125 Å². The van der Waals surface area contributed by atoms with Crippen LogP contribution in [0.2, 0.25) is 10.0 Å². The maximum absolute atomic E-state index is 11.8. The standard InChI is InChI=1S/C14H10Cl2N2O2/c15-11-7-3-1-5-9(11)13(17)18-20-14(19)10-6-2-4-8-12(10)16/h1-8H,(H2,17,18). The van der Waals surface area contributed by atoms with Gasteiger partial charge in [-0.2, -0.15) is 0 Å². The molecular weight excluding hydrogens is 299 g/mol. The van der Waals surface area contributed by atoms with Crippen LogP contribution in [0.3, 0.4) is 0 Å². The van der Waals surface area contributed by atoms with Gasteiger partial charge in [-0.05, 0) is 24.3 Å². The average Bonchev–Trinajstić information content (AvgIpc) is 2.45. The van der Waals surface area contributed by atoms with E-state index in [-0.39, 0.29) is 16.4 Å². The molecule has 4 nitrogen and oxygen atoms in total. The van der Waals surface area contributed by atoms with Gasteiger partial charge in [0.15, 0.2) is 5.84 Å². The molecule has 2 aromatic carbocycles. The van der Waals surface area contributed by atoms with E-state index in [0.29, 0.717) is 10.6 Å². The van der Waals surface area contributed by atoms with Crippen LogP contribution in [-0.2, 0) is 4.84 Å². The van der Waals surface area contributed by atoms with Crippen LogP contribution >= 0.6 is 23.2 Å². The second-order valence-electron chi connectivity index (χ2n) is 3.81. The van der Waals surface area contributed by atoms with Crippen LogP contribution in [0.5, 0.6) is 0 Å². The zero-order chi connectivity index (χ0) is 14.5. The first-order valence-electron chi connectivity index (χ1n) is 5.64. The van der Waals surface area contributed by atoms with Gasteiger partial charge in [0.25, 0.3) is 0 Å². The van der Waals surface area contributed by atoms with E-state index in [0.717, 1.165) is 0 Å². The molecule has 0 saturated carbocycles. The van der Waals surface area contributed by atoms with Crippen molar-refractivity contribution in [2.45, 2.75) is 0 Å². The van der Waals surface area contributed by atoms with Crippen LogP contribution in [0.15, 0.2) is 53.7 Å². The van der Waals surface area contributed by atoms with Gasteiger partial charge < -0.3 is 10.6 Å². The van der Waals surface area contributed by atoms with E-state index in [4.69, 9.17) is 33.8 Å². The van der Waals surface area contributed by atoms with Crippen molar-refractivity contribution < 1.29 is 9.63 Å². The molecule has 2 N–H and O–H groups in total. The molecule has 0 aliphatic heterocycles. The van der Waals surface area contributed by atoms with Crippen LogP contribution in [0, 0.1) is 0 Å². The molecule has 0 bridgehead atoms. The lowest BCUT2D eigenvalue weighted by molar-refractivity contribution is 0.0516. The third-order valence-corrected chi connectivity index (χ3v) is 3.13. The van der Waals surface area contributed by atoms with Gasteiger partial charge in [0.1, 0.15) is 0 Å². The molecule has 6 heteroatoms. The number of carbonyl (C=O) groups excluding carboxylic acids is 1. The summed E-state index contributed by atoms with van der Waals surface area (Å²) in [6, 6.07) is 13.3. The average molecular weight is 309 g/mol. The third-order valence-electron chi connectivity index (χ3n) is 2.47. The molecule has 0 heterocycles. The second kappa shape index (κ2) is 6.41. The Morgan fingerprint density at radius 3 is 2.00 bits per heavy atom. The van der Waals surface area contributed by atoms with Crippen molar-refractivity contribution in [3.05, 3.63) is 69.7 Å². The molecule has 0 amide bonds. The van der Waals surface area contributed by atoms with E-state index >= 15 is 0 Å². The first-order valence-corrected chi connectivity index (χ1v) is 6.39. The van der Waals surface area contributed by atoms with E-state index in [1.807, 2.05) is 0 Å². The van der Waals surface area contributed by atoms with E-state index in [1.54, 1.807) is 42.5 Å². The van der Waals surface area contributed by atoms with Crippen molar-refractivity contribution in [2.24, 2.45) is 10.9 Å². The summed E-state index contributed by atoms with van der Waals surface area (Å²) >= 11 is 11.8. The highest BCUT2D eigenvalue weighted by Gasteiger charge is 2.12. The highest BCUT2D eigenvalue weighted by molar-refractivity contribution is 6.34. The maximum Gasteiger partial charge on any atom is 0.367 e. The molecule has 2 rings (SSSR count). The van der Waals surface area contributed by atoms with Gasteiger partial charge in [0.05, 0.1) is 15.6 Å². The largest absolute Gasteiger partial charge is 0.380 e. The van der Waals surface area contributed by atoms with Crippen molar-refractivity contribution >= 4 is 35.0 Å². The van der Waals surface area contributed by atoms with E-state index in [9.17, 15) is 4.79 Å². The minimum absolute atomic E-state index is 0.0102. The fraction of sp³-hybridized carbons (Fsp3) is 0. The van der Waals surface area contributed by atoms with E-state index < -0.39 is 5.97 Å². The summed E-state index contributed by atoms with van der Waals surface area (Å²) in [7, 11) is 0. The first kappa shape index (κ1) is 14.4. The van der Waals surface area contributed by atoms with Gasteiger partial charge in [-0.25, -0.2) is 4.79 Å². The monoisotopic (exact) mass is 308 g/mol. The second-order valence-corrected chi connectivity index (χ2v) is 4.63. The number of carbonyl (C=O) groups is 1. The van der Waals surface area contributed by atoms with Crippen molar-refractivity contribution in [3.8, 4) is 0 Å². The number of hydrogen-bond acceptors (Lipinski definition) is 3. The first-order chi connectivity index (χ1) is 9.59. The Hall–Kier alpha value is -2.04. The molecule has 2 aromatic rings. The molecule has 0 aliphatic carbocycles. The molecule has 0 radical (unpaired) electrons. The minimum atomic E-state index is -0.689. The summed E-state index contributed by atoms with van der Waals surface area (Å²) in [5.41, 5.74) is 6.42. The van der Waals surface area contributed by atoms with Crippen LogP contribution in [-0.4, -0.2) is 11.8 Å². The van der Waals surface area contributed by atoms with Gasteiger partial charge in [-0.15, -0.1) is 0 Å². The number of hydrogen-bond donors (Lipinski definition) is 1. The summed E-state index contributed by atoms with van der Waals surface area (Å²) in [5, 5.41) is 4.27. The Bertz CT molecular complexity index is 672. The summed E-state index contributed by atoms with van der Waals surface area (Å²) in [5.74, 6) is -0.679. The molecule has 20 heavy (non-hydrogen) atoms. The van der Waals surface area contributed by atoms with Crippen molar-refractivity contribution in [1.29, 1.82) is 0 Å². The van der Waals surface area contributed by atoms with Crippen LogP contribution in [0.4, 0.5) is 0 Å². The Kier molecular flexibility index (Phi) is 4.61. The van der Waals surface area contributed by atoms with Gasteiger partial charge in [0, 0.05) is 5.56 Å². The van der Waals surface area contributed by atoms with Crippen molar-refractivity contribution in [2.75, 3.05) is 0 Å². The van der Waals surface area contributed by atoms with Gasteiger partial charge >= 0.3 is 5.97 Å². The molecule has 0 aromatic heterocycles. The molecule has 0 aliphatic rings. The smallest absolute Gasteiger partial charge is 0.367 e. The normalized spacial score (nSPS) is 11.2. The molecule has 102 valence electrons. The number of oxime groups is 1. The van der Waals surface area contributed by atoms with E-state index in [2.05, 4.69) is 5.16 Å². The summed E-state index contributed by atoms with van der Waals surface area (Å²) in [4.78, 5) is 16.5. The number of nitrogens with zero attached hydrogens (tertiary/aromatic N) is 1. The highest BCUT2D eigenvalue weighted by Crippen LogP contribution is 2.17. The lowest BCUT2D eigenvalue weighted by atomic mass is 10.2. The van der Waals surface area contributed by atoms with Crippen molar-refractivity contribution in [1.82, 2.24) is 0 Å². The number of rotatable bonds is 3. The molecule has 0 saturated heterocycles. The summed E-state index contributed by atoms with van der Waals surface area (Å²) < 4.78 is 0. The van der Waals surface area contributed by atoms with Crippen LogP contribution in [0.25, 0.3) is 0 Å². The predicted octanol–water partition coefficient (Wildman–Crippen LogP) is 3.47. The topological polar surface area (TPSA) is 64.7 Å². The maximum atomic E-state index is 11.8. The van der Waals surface area contributed by atoms with E-state index in [1.165, 1.54) is 6.07 Å². The Morgan fingerprint density at radius 1 is 0.950 bits per heavy atom.